The molecule has 7 heteroatoms. The van der Waals surface area contributed by atoms with Crippen LogP contribution in [0.2, 0.25) is 0 Å². The third-order valence-electron chi connectivity index (χ3n) is 5.87. The van der Waals surface area contributed by atoms with E-state index in [2.05, 4.69) is 6.07 Å². The van der Waals surface area contributed by atoms with Gasteiger partial charge in [0, 0.05) is 13.1 Å². The van der Waals surface area contributed by atoms with E-state index >= 15 is 0 Å². The molecule has 32 heavy (non-hydrogen) atoms. The molecule has 2 heterocycles. The molecule has 0 bridgehead atoms. The summed E-state index contributed by atoms with van der Waals surface area (Å²) in [6.07, 6.45) is 0.651. The van der Waals surface area contributed by atoms with E-state index < -0.39 is 11.7 Å². The standard InChI is InChI=1S/C25H29FN2O4/c1-25(2,3)32-24(30)27-15-13-20(27)16-31-23(29)28-14-12-17-6-4-5-7-21(17)22(28)18-8-10-19(26)11-9-18/h4-11,20,22H,12-16H2,1-3H3/t20?,22-/m0/s1. The molecule has 2 aromatic carbocycles. The summed E-state index contributed by atoms with van der Waals surface area (Å²) in [6.45, 7) is 6.67. The summed E-state index contributed by atoms with van der Waals surface area (Å²) in [6, 6.07) is 13.7. The van der Waals surface area contributed by atoms with Gasteiger partial charge in [-0.05, 0) is 62.4 Å². The number of amides is 2. The van der Waals surface area contributed by atoms with Gasteiger partial charge in [-0.1, -0.05) is 36.4 Å². The Hall–Kier alpha value is -3.09. The van der Waals surface area contributed by atoms with Gasteiger partial charge in [0.2, 0.25) is 0 Å². The smallest absolute Gasteiger partial charge is 0.410 e. The maximum atomic E-state index is 13.5. The summed E-state index contributed by atoms with van der Waals surface area (Å²) >= 11 is 0. The van der Waals surface area contributed by atoms with E-state index in [1.54, 1.807) is 21.9 Å². The highest BCUT2D eigenvalue weighted by atomic mass is 19.1. The van der Waals surface area contributed by atoms with Gasteiger partial charge in [0.25, 0.3) is 0 Å². The van der Waals surface area contributed by atoms with Crippen LogP contribution in [0.25, 0.3) is 0 Å². The van der Waals surface area contributed by atoms with E-state index in [0.717, 1.165) is 24.0 Å². The Morgan fingerprint density at radius 2 is 1.72 bits per heavy atom. The van der Waals surface area contributed by atoms with Gasteiger partial charge in [-0.2, -0.15) is 0 Å². The Bertz CT molecular complexity index is 986. The molecule has 0 saturated carbocycles. The number of fused-ring (bicyclic) bond motifs is 1. The van der Waals surface area contributed by atoms with Crippen molar-refractivity contribution in [3.63, 3.8) is 0 Å². The molecule has 2 amide bonds. The highest BCUT2D eigenvalue weighted by molar-refractivity contribution is 5.71. The van der Waals surface area contributed by atoms with E-state index in [0.29, 0.717) is 13.1 Å². The number of hydrogen-bond donors (Lipinski definition) is 0. The number of halogens is 1. The minimum atomic E-state index is -0.572. The summed E-state index contributed by atoms with van der Waals surface area (Å²) in [5, 5.41) is 0. The van der Waals surface area contributed by atoms with Crippen LogP contribution in [0.15, 0.2) is 48.5 Å². The summed E-state index contributed by atoms with van der Waals surface area (Å²) in [4.78, 5) is 28.7. The van der Waals surface area contributed by atoms with Crippen LogP contribution in [-0.4, -0.2) is 53.3 Å². The van der Waals surface area contributed by atoms with E-state index in [9.17, 15) is 14.0 Å². The lowest BCUT2D eigenvalue weighted by Gasteiger charge is -2.41. The summed E-state index contributed by atoms with van der Waals surface area (Å²) < 4.78 is 24.6. The van der Waals surface area contributed by atoms with Gasteiger partial charge in [0.05, 0.1) is 12.1 Å². The molecule has 2 aromatic rings. The third-order valence-corrected chi connectivity index (χ3v) is 5.87. The predicted molar refractivity (Wildman–Crippen MR) is 118 cm³/mol. The van der Waals surface area contributed by atoms with Crippen molar-refractivity contribution in [2.24, 2.45) is 0 Å². The largest absolute Gasteiger partial charge is 0.447 e. The molecule has 0 aromatic heterocycles. The maximum Gasteiger partial charge on any atom is 0.410 e. The van der Waals surface area contributed by atoms with Crippen molar-refractivity contribution in [3.05, 3.63) is 71.0 Å². The van der Waals surface area contributed by atoms with Crippen molar-refractivity contribution >= 4 is 12.2 Å². The van der Waals surface area contributed by atoms with Crippen molar-refractivity contribution in [1.82, 2.24) is 9.80 Å². The first kappa shape index (κ1) is 22.1. The zero-order valence-corrected chi connectivity index (χ0v) is 18.7. The molecule has 0 aliphatic carbocycles. The number of carbonyl (C=O) groups is 2. The van der Waals surface area contributed by atoms with Crippen LogP contribution in [0, 0.1) is 5.82 Å². The van der Waals surface area contributed by atoms with Crippen molar-refractivity contribution < 1.29 is 23.5 Å². The lowest BCUT2D eigenvalue weighted by molar-refractivity contribution is -0.0227. The average molecular weight is 441 g/mol. The number of likely N-dealkylation sites (tertiary alicyclic amines) is 1. The highest BCUT2D eigenvalue weighted by Gasteiger charge is 2.38. The van der Waals surface area contributed by atoms with Crippen molar-refractivity contribution in [2.45, 2.75) is 51.3 Å². The van der Waals surface area contributed by atoms with Crippen molar-refractivity contribution in [2.75, 3.05) is 19.7 Å². The van der Waals surface area contributed by atoms with E-state index in [1.807, 2.05) is 39.0 Å². The second-order valence-electron chi connectivity index (χ2n) is 9.29. The zero-order valence-electron chi connectivity index (χ0n) is 18.7. The van der Waals surface area contributed by atoms with Gasteiger partial charge in [-0.3, -0.25) is 4.90 Å². The van der Waals surface area contributed by atoms with Crippen LogP contribution in [0.3, 0.4) is 0 Å². The van der Waals surface area contributed by atoms with Gasteiger partial charge in [0.1, 0.15) is 18.0 Å². The third kappa shape index (κ3) is 4.71. The molecular formula is C25H29FN2O4. The van der Waals surface area contributed by atoms with Crippen molar-refractivity contribution in [3.8, 4) is 0 Å². The predicted octanol–water partition coefficient (Wildman–Crippen LogP) is 4.92. The van der Waals surface area contributed by atoms with Crippen LogP contribution >= 0.6 is 0 Å². The van der Waals surface area contributed by atoms with E-state index in [4.69, 9.17) is 9.47 Å². The Morgan fingerprint density at radius 3 is 2.38 bits per heavy atom. The van der Waals surface area contributed by atoms with E-state index in [-0.39, 0.29) is 30.6 Å². The SMILES string of the molecule is CC(C)(C)OC(=O)N1CCC1COC(=O)N1CCc2ccccc2[C@@H]1c1ccc(F)cc1. The molecule has 0 spiro atoms. The number of benzene rings is 2. The number of nitrogens with zero attached hydrogens (tertiary/aromatic N) is 2. The summed E-state index contributed by atoms with van der Waals surface area (Å²) in [5.41, 5.74) is 2.44. The minimum absolute atomic E-state index is 0.117. The average Bonchev–Trinajstić information content (AvgIpc) is 2.71. The van der Waals surface area contributed by atoms with Crippen LogP contribution in [0.1, 0.15) is 49.9 Å². The number of hydrogen-bond acceptors (Lipinski definition) is 4. The molecule has 170 valence electrons. The van der Waals surface area contributed by atoms with Gasteiger partial charge in [-0.25, -0.2) is 14.0 Å². The molecule has 4 rings (SSSR count). The Labute approximate surface area is 187 Å². The first-order valence-electron chi connectivity index (χ1n) is 11.0. The number of carbonyl (C=O) groups excluding carboxylic acids is 2. The second-order valence-corrected chi connectivity index (χ2v) is 9.29. The monoisotopic (exact) mass is 440 g/mol. The number of rotatable bonds is 3. The van der Waals surface area contributed by atoms with Crippen LogP contribution < -0.4 is 0 Å². The topological polar surface area (TPSA) is 59.1 Å². The normalized spacial score (nSPS) is 20.2. The van der Waals surface area contributed by atoms with Gasteiger partial charge >= 0.3 is 12.2 Å². The number of ether oxygens (including phenoxy) is 2. The van der Waals surface area contributed by atoms with Gasteiger partial charge < -0.3 is 14.4 Å². The Balaban J connectivity index is 1.46. The van der Waals surface area contributed by atoms with E-state index in [1.165, 1.54) is 17.7 Å². The second kappa shape index (κ2) is 8.81. The van der Waals surface area contributed by atoms with Crippen molar-refractivity contribution in [1.29, 1.82) is 0 Å². The fraction of sp³-hybridized carbons (Fsp3) is 0.440. The first-order chi connectivity index (χ1) is 15.2. The van der Waals surface area contributed by atoms with Crippen LogP contribution in [0.5, 0.6) is 0 Å². The van der Waals surface area contributed by atoms with Crippen LogP contribution in [0.4, 0.5) is 14.0 Å². The quantitative estimate of drug-likeness (QED) is 0.680. The molecule has 0 N–H and O–H groups in total. The fourth-order valence-electron chi connectivity index (χ4n) is 4.19. The first-order valence-corrected chi connectivity index (χ1v) is 11.0. The fourth-order valence-corrected chi connectivity index (χ4v) is 4.19. The minimum Gasteiger partial charge on any atom is -0.447 e. The molecular weight excluding hydrogens is 411 g/mol. The lowest BCUT2D eigenvalue weighted by atomic mass is 9.88. The highest BCUT2D eigenvalue weighted by Crippen LogP contribution is 2.35. The molecule has 1 saturated heterocycles. The molecule has 1 unspecified atom stereocenters. The molecule has 2 atom stereocenters. The maximum absolute atomic E-state index is 13.5. The summed E-state index contributed by atoms with van der Waals surface area (Å²) in [5.74, 6) is -0.320. The lowest BCUT2D eigenvalue weighted by Crippen LogP contribution is -2.55. The molecule has 1 fully saturated rings. The zero-order chi connectivity index (χ0) is 22.9. The molecule has 2 aliphatic rings. The summed E-state index contributed by atoms with van der Waals surface area (Å²) in [7, 11) is 0. The molecule has 6 nitrogen and oxygen atoms in total. The molecule has 2 aliphatic heterocycles. The Kier molecular flexibility index (Phi) is 6.09. The molecule has 0 radical (unpaired) electrons. The van der Waals surface area contributed by atoms with Crippen LogP contribution in [-0.2, 0) is 15.9 Å². The Morgan fingerprint density at radius 1 is 1.00 bits per heavy atom. The van der Waals surface area contributed by atoms with Gasteiger partial charge in [-0.15, -0.1) is 0 Å². The van der Waals surface area contributed by atoms with Gasteiger partial charge in [0.15, 0.2) is 0 Å².